The molecule has 1 saturated carbocycles. The normalized spacial score (nSPS) is 25.8. The van der Waals surface area contributed by atoms with Crippen LogP contribution in [0.15, 0.2) is 48.6 Å². The highest BCUT2D eigenvalue weighted by Gasteiger charge is 2.50. The van der Waals surface area contributed by atoms with E-state index in [9.17, 15) is 13.2 Å². The maximum absolute atomic E-state index is 12.6. The Morgan fingerprint density at radius 2 is 1.91 bits per heavy atom. The highest BCUT2D eigenvalue weighted by Crippen LogP contribution is 2.47. The fourth-order valence-electron chi connectivity index (χ4n) is 9.04. The van der Waals surface area contributed by atoms with Crippen LogP contribution in [0.1, 0.15) is 73.9 Å². The van der Waals surface area contributed by atoms with Gasteiger partial charge in [0.2, 0.25) is 0 Å². The number of likely N-dealkylation sites (tertiary alicyclic amines) is 1. The molecule has 3 fully saturated rings. The van der Waals surface area contributed by atoms with Gasteiger partial charge in [-0.25, -0.2) is 8.93 Å². The van der Waals surface area contributed by atoms with Crippen molar-refractivity contribution in [3.8, 4) is 5.75 Å². The Balaban J connectivity index is 1.26. The lowest BCUT2D eigenvalue weighted by Gasteiger charge is -2.54. The van der Waals surface area contributed by atoms with E-state index in [0.29, 0.717) is 30.0 Å². The number of halogens is 1. The molecule has 298 valence electrons. The summed E-state index contributed by atoms with van der Waals surface area (Å²) in [4.78, 5) is 19.6. The number of rotatable bonds is 17. The van der Waals surface area contributed by atoms with Gasteiger partial charge in [0.1, 0.15) is 17.6 Å². The molecule has 2 saturated heterocycles. The Hall–Kier alpha value is -2.12. The van der Waals surface area contributed by atoms with E-state index in [1.807, 2.05) is 38.3 Å². The molecule has 0 bridgehead atoms. The molecule has 54 heavy (non-hydrogen) atoms. The molecule has 3 heterocycles. The van der Waals surface area contributed by atoms with Gasteiger partial charge in [0.05, 0.1) is 23.3 Å². The lowest BCUT2D eigenvalue weighted by Crippen LogP contribution is -2.66. The second-order valence-corrected chi connectivity index (χ2v) is 19.9. The van der Waals surface area contributed by atoms with E-state index >= 15 is 0 Å². The van der Waals surface area contributed by atoms with E-state index in [1.165, 1.54) is 11.1 Å². The molecule has 0 spiro atoms. The van der Waals surface area contributed by atoms with Crippen molar-refractivity contribution in [2.45, 2.75) is 75.7 Å². The van der Waals surface area contributed by atoms with E-state index in [4.69, 9.17) is 21.1 Å². The summed E-state index contributed by atoms with van der Waals surface area (Å²) < 4.78 is 40.7. The highest BCUT2D eigenvalue weighted by atomic mass is 35.5. The Labute approximate surface area is 333 Å². The largest absolute Gasteiger partial charge is 0.491 e. The molecule has 3 aliphatic heterocycles. The molecule has 1 aliphatic carbocycles. The third kappa shape index (κ3) is 9.52. The van der Waals surface area contributed by atoms with Gasteiger partial charge in [-0.1, -0.05) is 50.1 Å². The number of aldehydes is 1. The molecule has 7 atom stereocenters. The van der Waals surface area contributed by atoms with Crippen LogP contribution in [0.3, 0.4) is 0 Å². The maximum Gasteiger partial charge on any atom is 0.150 e. The lowest BCUT2D eigenvalue weighted by molar-refractivity contribution is -0.108. The molecule has 0 radical (unpaired) electrons. The highest BCUT2D eigenvalue weighted by molar-refractivity contribution is 7.85. The number of nitrogens with one attached hydrogen (secondary N) is 1. The van der Waals surface area contributed by atoms with Gasteiger partial charge in [-0.2, -0.15) is 0 Å². The molecular weight excluding hydrogens is 740 g/mol. The number of fused-ring (bicyclic) bond motifs is 1. The van der Waals surface area contributed by atoms with Gasteiger partial charge in [0.15, 0.2) is 0 Å². The zero-order chi connectivity index (χ0) is 38.4. The lowest BCUT2D eigenvalue weighted by atomic mass is 9.63. The summed E-state index contributed by atoms with van der Waals surface area (Å²) >= 11 is 6.49. The van der Waals surface area contributed by atoms with Crippen molar-refractivity contribution in [1.82, 2.24) is 14.5 Å². The van der Waals surface area contributed by atoms with Crippen LogP contribution in [0, 0.1) is 17.8 Å². The number of hydrogen-bond acceptors (Lipinski definition) is 8. The number of methoxy groups -OCH3 is 1. The molecule has 9 nitrogen and oxygen atoms in total. The summed E-state index contributed by atoms with van der Waals surface area (Å²) in [7, 11) is 1.86. The van der Waals surface area contributed by atoms with Crippen LogP contribution in [0.25, 0.3) is 0 Å². The Morgan fingerprint density at radius 1 is 1.13 bits per heavy atom. The second-order valence-electron chi connectivity index (χ2n) is 16.0. The van der Waals surface area contributed by atoms with Crippen LogP contribution in [-0.4, -0.2) is 119 Å². The van der Waals surface area contributed by atoms with Crippen LogP contribution in [0.2, 0.25) is 5.02 Å². The Kier molecular flexibility index (Phi) is 14.5. The van der Waals surface area contributed by atoms with E-state index in [2.05, 4.69) is 57.6 Å². The molecule has 0 amide bonds. The number of carbonyl (C=O) groups excluding carboxylic acids is 1. The van der Waals surface area contributed by atoms with Crippen molar-refractivity contribution in [1.29, 1.82) is 0 Å². The number of benzene rings is 2. The van der Waals surface area contributed by atoms with E-state index < -0.39 is 27.4 Å². The molecule has 2 aromatic rings. The number of hydrogen-bond donors (Lipinski definition) is 1. The summed E-state index contributed by atoms with van der Waals surface area (Å²) in [6.45, 7) is 13.2. The van der Waals surface area contributed by atoms with Gasteiger partial charge in [-0.05, 0) is 98.9 Å². The maximum atomic E-state index is 12.6. The first-order valence-electron chi connectivity index (χ1n) is 19.9. The second kappa shape index (κ2) is 18.9. The molecule has 1 N–H and O–H groups in total. The first kappa shape index (κ1) is 41.5. The van der Waals surface area contributed by atoms with Crippen molar-refractivity contribution < 1.29 is 22.7 Å². The average molecular weight is 802 g/mol. The number of allylic oxidation sites excluding steroid dienone is 1. The molecule has 7 unspecified atom stereocenters. The standard InChI is InChI=1S/C42H61ClN4O5S2/c1-6-8-33-22-36(43)12-13-38(33)35-24-47(40-21-32(27-48)10-15-41(40)52-28-35)23-34-11-14-39(34)42(51-5,16-7-9-30(2)31(3)54(50)44-4)29-45-25-37(26-45)46-17-19-53(49)20-18-46/h7,10,12-13,15-16,21-22,27,30-31,34-35,37,39,44H,6,8-9,11,14,17-20,23-26,28-29H2,1-5H3/b16-7+. The minimum Gasteiger partial charge on any atom is -0.491 e. The van der Waals surface area contributed by atoms with Crippen LogP contribution in [0.4, 0.5) is 5.69 Å². The third-order valence-electron chi connectivity index (χ3n) is 12.7. The SMILES string of the molecule is CCCc1cc(Cl)ccc1C1COc2ccc(C=O)cc2N(CC2CCC2C(/C=C/CC(C)C(C)S(=O)NC)(CN2CC(N3CCS(=O)CC3)C2)OC)C1. The van der Waals surface area contributed by atoms with Crippen molar-refractivity contribution in [2.75, 3.05) is 83.0 Å². The first-order chi connectivity index (χ1) is 26.1. The summed E-state index contributed by atoms with van der Waals surface area (Å²) in [5.41, 5.74) is 3.70. The van der Waals surface area contributed by atoms with Gasteiger partial charge in [-0.15, -0.1) is 0 Å². The van der Waals surface area contributed by atoms with Crippen LogP contribution in [-0.2, 0) is 32.9 Å². The summed E-state index contributed by atoms with van der Waals surface area (Å²) in [6, 6.07) is 12.6. The number of carbonyl (C=O) groups is 1. The molecular formula is C42H61ClN4O5S2. The first-order valence-corrected chi connectivity index (χ1v) is 23.0. The van der Waals surface area contributed by atoms with E-state index in [0.717, 1.165) is 112 Å². The van der Waals surface area contributed by atoms with Gasteiger partial charge in [-0.3, -0.25) is 18.8 Å². The molecule has 12 heteroatoms. The monoisotopic (exact) mass is 800 g/mol. The topological polar surface area (TPSA) is 91.4 Å². The Morgan fingerprint density at radius 3 is 2.57 bits per heavy atom. The minimum atomic E-state index is -1.08. The minimum absolute atomic E-state index is 0.0241. The van der Waals surface area contributed by atoms with Crippen LogP contribution >= 0.6 is 11.6 Å². The molecule has 2 aromatic carbocycles. The molecule has 4 aliphatic rings. The average Bonchev–Trinajstić information content (AvgIpc) is 3.33. The zero-order valence-electron chi connectivity index (χ0n) is 32.8. The fraction of sp³-hybridized carbons (Fsp3) is 0.643. The van der Waals surface area contributed by atoms with Crippen molar-refractivity contribution in [2.24, 2.45) is 17.8 Å². The number of aryl methyl sites for hydroxylation is 1. The number of nitrogens with zero attached hydrogens (tertiary/aromatic N) is 3. The van der Waals surface area contributed by atoms with Crippen molar-refractivity contribution >= 4 is 45.4 Å². The quantitative estimate of drug-likeness (QED) is 0.152. The van der Waals surface area contributed by atoms with Crippen LogP contribution < -0.4 is 14.4 Å². The predicted octanol–water partition coefficient (Wildman–Crippen LogP) is 6.10. The van der Waals surface area contributed by atoms with Gasteiger partial charge in [0.25, 0.3) is 0 Å². The third-order valence-corrected chi connectivity index (χ3v) is 15.7. The summed E-state index contributed by atoms with van der Waals surface area (Å²) in [5.74, 6) is 3.40. The smallest absolute Gasteiger partial charge is 0.150 e. The molecule has 6 rings (SSSR count). The van der Waals surface area contributed by atoms with E-state index in [-0.39, 0.29) is 17.1 Å². The fourth-order valence-corrected chi connectivity index (χ4v) is 11.2. The molecule has 0 aromatic heterocycles. The van der Waals surface area contributed by atoms with Gasteiger partial charge >= 0.3 is 0 Å². The van der Waals surface area contributed by atoms with Crippen LogP contribution in [0.5, 0.6) is 5.75 Å². The van der Waals surface area contributed by atoms with Gasteiger partial charge in [0, 0.05) is 103 Å². The predicted molar refractivity (Wildman–Crippen MR) is 223 cm³/mol. The van der Waals surface area contributed by atoms with Crippen molar-refractivity contribution in [3.63, 3.8) is 0 Å². The summed E-state index contributed by atoms with van der Waals surface area (Å²) in [6.07, 6.45) is 10.5. The Bertz CT molecular complexity index is 1660. The van der Waals surface area contributed by atoms with E-state index in [1.54, 1.807) is 7.05 Å². The summed E-state index contributed by atoms with van der Waals surface area (Å²) in [5, 5.41) is 0.782. The van der Waals surface area contributed by atoms with Gasteiger partial charge < -0.3 is 14.4 Å². The van der Waals surface area contributed by atoms with Crippen molar-refractivity contribution in [3.05, 3.63) is 70.3 Å². The number of ether oxygens (including phenoxy) is 2. The zero-order valence-corrected chi connectivity index (χ0v) is 35.2. The number of anilines is 1.